The number of hydrogen-bond donors (Lipinski definition) is 2. The number of unbranched alkanes of at least 4 members (excludes halogenated alkanes) is 2. The molecule has 3 aliphatic heterocycles. The van der Waals surface area contributed by atoms with E-state index < -0.39 is 6.10 Å². The molecule has 1 aromatic rings. The number of nitrogens with zero attached hydrogens (tertiary/aromatic N) is 3. The van der Waals surface area contributed by atoms with E-state index in [0.29, 0.717) is 11.8 Å². The fourth-order valence-electron chi connectivity index (χ4n) is 5.03. The Morgan fingerprint density at radius 1 is 1.15 bits per heavy atom. The van der Waals surface area contributed by atoms with Crippen molar-refractivity contribution in [3.8, 4) is 5.75 Å². The minimum atomic E-state index is -0.479. The van der Waals surface area contributed by atoms with Gasteiger partial charge in [0, 0.05) is 28.7 Å². The maximum atomic E-state index is 11.4. The minimum Gasteiger partial charge on any atom is -0.507 e. The predicted molar refractivity (Wildman–Crippen MR) is 151 cm³/mol. The lowest BCUT2D eigenvalue weighted by atomic mass is 9.83. The van der Waals surface area contributed by atoms with Crippen molar-refractivity contribution in [1.82, 2.24) is 4.90 Å². The van der Waals surface area contributed by atoms with Crippen LogP contribution in [0.25, 0.3) is 0 Å². The van der Waals surface area contributed by atoms with Gasteiger partial charge in [0.1, 0.15) is 10.8 Å². The number of aryl methyl sites for hydroxylation is 1. The summed E-state index contributed by atoms with van der Waals surface area (Å²) in [5, 5.41) is 24.4. The third kappa shape index (κ3) is 5.36. The van der Waals surface area contributed by atoms with Crippen LogP contribution in [0.3, 0.4) is 0 Å². The van der Waals surface area contributed by atoms with Gasteiger partial charge in [-0.3, -0.25) is 14.9 Å². The van der Waals surface area contributed by atoms with Crippen LogP contribution >= 0.6 is 35.3 Å². The fourth-order valence-corrected chi connectivity index (χ4v) is 9.13. The van der Waals surface area contributed by atoms with Gasteiger partial charge in [0.25, 0.3) is 0 Å². The Hall–Kier alpha value is -0.670. The Labute approximate surface area is 217 Å². The van der Waals surface area contributed by atoms with Gasteiger partial charge in [0.05, 0.1) is 34.2 Å². The molecule has 5 nitrogen and oxygen atoms in total. The van der Waals surface area contributed by atoms with Gasteiger partial charge in [0.2, 0.25) is 0 Å². The molecule has 5 unspecified atom stereocenters. The summed E-state index contributed by atoms with van der Waals surface area (Å²) in [6.07, 6.45) is 4.01. The van der Waals surface area contributed by atoms with Crippen molar-refractivity contribution < 1.29 is 10.2 Å². The summed E-state index contributed by atoms with van der Waals surface area (Å²) < 4.78 is 0. The average Bonchev–Trinajstić information content (AvgIpc) is 3.53. The Balaban J connectivity index is 1.48. The molecule has 0 bridgehead atoms. The smallest absolute Gasteiger partial charge is 0.125 e. The molecule has 5 atom stereocenters. The third-order valence-corrected chi connectivity index (χ3v) is 11.4. The summed E-state index contributed by atoms with van der Waals surface area (Å²) in [5.74, 6) is 3.15. The van der Waals surface area contributed by atoms with E-state index >= 15 is 0 Å². The Kier molecular flexibility index (Phi) is 8.66. The lowest BCUT2D eigenvalue weighted by molar-refractivity contribution is 0.0212. The molecule has 34 heavy (non-hydrogen) atoms. The number of aromatic hydroxyl groups is 1. The minimum absolute atomic E-state index is 0.0724. The van der Waals surface area contributed by atoms with E-state index in [-0.39, 0.29) is 22.9 Å². The van der Waals surface area contributed by atoms with E-state index in [0.717, 1.165) is 45.8 Å². The topological polar surface area (TPSA) is 68.4 Å². The molecule has 188 valence electrons. The number of aliphatic imine (C=N–C) groups is 2. The second kappa shape index (κ2) is 11.2. The lowest BCUT2D eigenvalue weighted by Gasteiger charge is -2.38. The molecular formula is C26H39N3O2S3. The van der Waals surface area contributed by atoms with Crippen LogP contribution in [0, 0.1) is 5.41 Å². The molecule has 0 aromatic heterocycles. The van der Waals surface area contributed by atoms with E-state index in [9.17, 15) is 10.2 Å². The molecular weight excluding hydrogens is 483 g/mol. The molecule has 0 radical (unpaired) electrons. The molecule has 1 saturated heterocycles. The Bertz CT molecular complexity index is 936. The highest BCUT2D eigenvalue weighted by molar-refractivity contribution is 8.15. The molecule has 4 rings (SSSR count). The van der Waals surface area contributed by atoms with Crippen LogP contribution in [0.1, 0.15) is 58.1 Å². The van der Waals surface area contributed by atoms with Gasteiger partial charge >= 0.3 is 0 Å². The first-order valence-electron chi connectivity index (χ1n) is 12.5. The predicted octanol–water partition coefficient (Wildman–Crippen LogP) is 5.28. The summed E-state index contributed by atoms with van der Waals surface area (Å²) in [6, 6.07) is 6.42. The van der Waals surface area contributed by atoms with Gasteiger partial charge in [-0.05, 0) is 38.4 Å². The molecule has 2 N–H and O–H groups in total. The maximum absolute atomic E-state index is 11.4. The summed E-state index contributed by atoms with van der Waals surface area (Å²) in [5.41, 5.74) is 1.78. The van der Waals surface area contributed by atoms with Gasteiger partial charge in [0.15, 0.2) is 0 Å². The van der Waals surface area contributed by atoms with Crippen LogP contribution in [-0.4, -0.2) is 79.1 Å². The molecule has 1 aromatic carbocycles. The quantitative estimate of drug-likeness (QED) is 0.431. The Morgan fingerprint density at radius 3 is 2.65 bits per heavy atom. The first-order chi connectivity index (χ1) is 16.2. The van der Waals surface area contributed by atoms with E-state index in [2.05, 4.69) is 45.7 Å². The molecule has 1 fully saturated rings. The van der Waals surface area contributed by atoms with Crippen LogP contribution in [-0.2, 0) is 6.42 Å². The van der Waals surface area contributed by atoms with E-state index in [4.69, 9.17) is 9.98 Å². The maximum Gasteiger partial charge on any atom is 0.125 e. The first kappa shape index (κ1) is 26.4. The lowest BCUT2D eigenvalue weighted by Crippen LogP contribution is -2.51. The van der Waals surface area contributed by atoms with Crippen molar-refractivity contribution in [1.29, 1.82) is 0 Å². The highest BCUT2D eigenvalue weighted by atomic mass is 32.2. The number of hydrogen-bond acceptors (Lipinski definition) is 8. The number of phenols is 1. The highest BCUT2D eigenvalue weighted by Crippen LogP contribution is 2.43. The van der Waals surface area contributed by atoms with Crippen LogP contribution in [0.2, 0.25) is 0 Å². The summed E-state index contributed by atoms with van der Waals surface area (Å²) >= 11 is 5.46. The van der Waals surface area contributed by atoms with Crippen molar-refractivity contribution in [2.75, 3.05) is 24.3 Å². The van der Waals surface area contributed by atoms with Gasteiger partial charge in [-0.15, -0.1) is 35.3 Å². The standard InChI is InChI=1S/C26H39N3O2S3/c1-6-7-8-10-17-11-9-12-20(30)21(17)23-28-18(14-32-23)24-29(5)19(15-33-24)22(31)26(3,4)25-27-16(2)13-34-25/h9,11-12,16,18-19,22,24,30-31H,6-8,10,13-15H2,1-5H3. The SMILES string of the molecule is CCCCCc1cccc(O)c1C1=NC(C2SCC(C(O)C(C)(C)C3=NC(C)CS3)N2C)CS1. The number of aliphatic hydroxyl groups is 1. The number of aliphatic hydroxyl groups excluding tert-OH is 1. The number of benzene rings is 1. The number of rotatable bonds is 9. The van der Waals surface area contributed by atoms with Crippen molar-refractivity contribution >= 4 is 45.4 Å². The normalized spacial score (nSPS) is 28.9. The summed E-state index contributed by atoms with van der Waals surface area (Å²) in [7, 11) is 2.13. The van der Waals surface area contributed by atoms with Gasteiger partial charge in [-0.25, -0.2) is 0 Å². The van der Waals surface area contributed by atoms with E-state index in [1.807, 2.05) is 17.8 Å². The number of likely N-dealkylation sites (N-methyl/N-ethyl adjacent to an activating group) is 1. The average molecular weight is 522 g/mol. The van der Waals surface area contributed by atoms with Crippen LogP contribution in [0.4, 0.5) is 0 Å². The largest absolute Gasteiger partial charge is 0.507 e. The van der Waals surface area contributed by atoms with Crippen LogP contribution in [0.15, 0.2) is 28.2 Å². The second-order valence-electron chi connectivity index (χ2n) is 10.3. The van der Waals surface area contributed by atoms with E-state index in [1.54, 1.807) is 29.6 Å². The van der Waals surface area contributed by atoms with Crippen LogP contribution < -0.4 is 0 Å². The van der Waals surface area contributed by atoms with Crippen LogP contribution in [0.5, 0.6) is 5.75 Å². The number of thioether (sulfide) groups is 3. The van der Waals surface area contributed by atoms with Crippen molar-refractivity contribution in [3.63, 3.8) is 0 Å². The zero-order chi connectivity index (χ0) is 24.5. The highest BCUT2D eigenvalue weighted by Gasteiger charge is 2.47. The van der Waals surface area contributed by atoms with Gasteiger partial charge in [-0.2, -0.15) is 0 Å². The van der Waals surface area contributed by atoms with E-state index in [1.165, 1.54) is 18.4 Å². The fraction of sp³-hybridized carbons (Fsp3) is 0.692. The molecule has 8 heteroatoms. The van der Waals surface area contributed by atoms with Gasteiger partial charge in [-0.1, -0.05) is 45.7 Å². The van der Waals surface area contributed by atoms with Crippen molar-refractivity contribution in [2.24, 2.45) is 15.4 Å². The number of phenolic OH excluding ortho intramolecular Hbond substituents is 1. The van der Waals surface area contributed by atoms with Crippen molar-refractivity contribution in [3.05, 3.63) is 29.3 Å². The Morgan fingerprint density at radius 2 is 1.94 bits per heavy atom. The van der Waals surface area contributed by atoms with Crippen molar-refractivity contribution in [2.45, 2.75) is 83.0 Å². The monoisotopic (exact) mass is 521 g/mol. The molecule has 0 aliphatic carbocycles. The zero-order valence-electron chi connectivity index (χ0n) is 21.0. The summed E-state index contributed by atoms with van der Waals surface area (Å²) in [6.45, 7) is 8.62. The molecule has 0 saturated carbocycles. The zero-order valence-corrected chi connectivity index (χ0v) is 23.5. The molecule has 3 heterocycles. The first-order valence-corrected chi connectivity index (χ1v) is 15.5. The third-order valence-electron chi connectivity index (χ3n) is 7.21. The summed E-state index contributed by atoms with van der Waals surface area (Å²) in [4.78, 5) is 12.3. The molecule has 0 spiro atoms. The second-order valence-corrected chi connectivity index (χ2v) is 13.5. The van der Waals surface area contributed by atoms with Gasteiger partial charge < -0.3 is 10.2 Å². The molecule has 0 amide bonds. The molecule has 3 aliphatic rings.